The van der Waals surface area contributed by atoms with E-state index in [4.69, 9.17) is 12.6 Å². The van der Waals surface area contributed by atoms with E-state index >= 15 is 0 Å². The SMILES string of the molecule is [2H]C1C[C@H](N)c2cc(ccn2)-c2c(cnn2C([2H])([2H])[2H])NC(=O)[C@H](C)C1[2H]. The zero-order valence-electron chi connectivity index (χ0n) is 17.2. The number of nitrogens with one attached hydrogen (secondary N) is 1. The molecule has 3 rings (SSSR count). The van der Waals surface area contributed by atoms with Crippen LogP contribution in [0.2, 0.25) is 0 Å². The molecule has 2 bridgehead atoms. The third-order valence-corrected chi connectivity index (χ3v) is 3.69. The summed E-state index contributed by atoms with van der Waals surface area (Å²) < 4.78 is 40.4. The molecule has 2 aromatic rings. The fourth-order valence-electron chi connectivity index (χ4n) is 2.40. The predicted octanol–water partition coefficient (Wildman–Crippen LogP) is 2.24. The van der Waals surface area contributed by atoms with Gasteiger partial charge in [-0.2, -0.15) is 5.10 Å². The van der Waals surface area contributed by atoms with Gasteiger partial charge < -0.3 is 11.1 Å². The standard InChI is InChI=1S/C16H21N5O/c1-10-4-3-5-12(17)13-8-11(6-7-18-13)15-14(20-16(10)22)9-19-21(15)2/h6-10,12H,3-5,17H2,1-2H3,(H,20,22)/t10-,12+/m1/s1/i2D3,3D,4D/t3?,4?,10-,12+. The number of carbonyl (C=O) groups excluding carboxylic acids is 1. The summed E-state index contributed by atoms with van der Waals surface area (Å²) in [4.78, 5) is 16.8. The lowest BCUT2D eigenvalue weighted by atomic mass is 9.97. The van der Waals surface area contributed by atoms with Crippen LogP contribution in [0.1, 0.15) is 44.7 Å². The summed E-state index contributed by atoms with van der Waals surface area (Å²) in [5.74, 6) is -1.25. The molecule has 0 aromatic carbocycles. The maximum atomic E-state index is 12.6. The molecule has 0 saturated heterocycles. The van der Waals surface area contributed by atoms with Crippen LogP contribution >= 0.6 is 0 Å². The van der Waals surface area contributed by atoms with Gasteiger partial charge in [0.25, 0.3) is 0 Å². The summed E-state index contributed by atoms with van der Waals surface area (Å²) in [6, 6.07) is 2.64. The number of hydrogen-bond acceptors (Lipinski definition) is 4. The van der Waals surface area contributed by atoms with Crippen molar-refractivity contribution < 1.29 is 11.6 Å². The van der Waals surface area contributed by atoms with Crippen molar-refractivity contribution in [3.8, 4) is 11.3 Å². The molecule has 22 heavy (non-hydrogen) atoms. The number of nitrogens with two attached hydrogens (primary N) is 1. The van der Waals surface area contributed by atoms with Crippen molar-refractivity contribution in [2.75, 3.05) is 5.32 Å². The molecule has 2 aromatic heterocycles. The number of hydrogen-bond donors (Lipinski definition) is 2. The van der Waals surface area contributed by atoms with Crippen molar-refractivity contribution in [3.05, 3.63) is 30.2 Å². The Hall–Kier alpha value is -2.21. The molecule has 0 fully saturated rings. The molecule has 0 aliphatic carbocycles. The molecular formula is C16H21N5O. The van der Waals surface area contributed by atoms with Gasteiger partial charge in [-0.1, -0.05) is 13.3 Å². The average molecular weight is 304 g/mol. The zero-order chi connectivity index (χ0) is 19.9. The van der Waals surface area contributed by atoms with Crippen LogP contribution < -0.4 is 11.1 Å². The van der Waals surface area contributed by atoms with E-state index in [0.29, 0.717) is 11.3 Å². The maximum absolute atomic E-state index is 12.6. The molecule has 0 spiro atoms. The van der Waals surface area contributed by atoms with E-state index in [0.717, 1.165) is 4.68 Å². The number of amides is 1. The summed E-state index contributed by atoms with van der Waals surface area (Å²) in [5, 5.41) is 6.59. The number of nitrogens with zero attached hydrogens (tertiary/aromatic N) is 3. The van der Waals surface area contributed by atoms with E-state index < -0.39 is 37.6 Å². The van der Waals surface area contributed by atoms with Crippen LogP contribution in [0.15, 0.2) is 24.5 Å². The van der Waals surface area contributed by atoms with Gasteiger partial charge in [0.05, 0.1) is 23.3 Å². The van der Waals surface area contributed by atoms with Gasteiger partial charge in [0.2, 0.25) is 5.91 Å². The van der Waals surface area contributed by atoms with Gasteiger partial charge in [0.1, 0.15) is 0 Å². The average Bonchev–Trinajstić information content (AvgIpc) is 3.03. The van der Waals surface area contributed by atoms with E-state index in [1.54, 1.807) is 19.1 Å². The Morgan fingerprint density at radius 2 is 2.45 bits per heavy atom. The van der Waals surface area contributed by atoms with E-state index in [9.17, 15) is 4.79 Å². The first-order valence-corrected chi connectivity index (χ1v) is 7.05. The molecule has 1 amide bonds. The molecule has 1 aliphatic heterocycles. The summed E-state index contributed by atoms with van der Waals surface area (Å²) >= 11 is 0. The second kappa shape index (κ2) is 5.88. The van der Waals surface area contributed by atoms with Gasteiger partial charge >= 0.3 is 0 Å². The Kier molecular flexibility index (Phi) is 2.60. The van der Waals surface area contributed by atoms with Crippen LogP contribution in [-0.2, 0) is 11.8 Å². The van der Waals surface area contributed by atoms with Gasteiger partial charge in [-0.3, -0.25) is 14.5 Å². The lowest BCUT2D eigenvalue weighted by molar-refractivity contribution is -0.119. The Bertz CT molecular complexity index is 852. The van der Waals surface area contributed by atoms with E-state index in [1.807, 2.05) is 0 Å². The van der Waals surface area contributed by atoms with Crippen molar-refractivity contribution in [1.82, 2.24) is 14.8 Å². The lowest BCUT2D eigenvalue weighted by Crippen LogP contribution is -2.21. The number of rotatable bonds is 0. The lowest BCUT2D eigenvalue weighted by Gasteiger charge is -2.17. The highest BCUT2D eigenvalue weighted by molar-refractivity contribution is 5.95. The van der Waals surface area contributed by atoms with E-state index in [-0.39, 0.29) is 17.8 Å². The highest BCUT2D eigenvalue weighted by atomic mass is 16.1. The number of pyridine rings is 1. The molecule has 6 heteroatoms. The first-order valence-electron chi connectivity index (χ1n) is 9.71. The largest absolute Gasteiger partial charge is 0.323 e. The summed E-state index contributed by atoms with van der Waals surface area (Å²) in [7, 11) is 0. The van der Waals surface area contributed by atoms with Crippen molar-refractivity contribution in [1.29, 1.82) is 0 Å². The van der Waals surface area contributed by atoms with E-state index in [2.05, 4.69) is 15.4 Å². The minimum Gasteiger partial charge on any atom is -0.323 e. The second-order valence-corrected chi connectivity index (χ2v) is 5.34. The second-order valence-electron chi connectivity index (χ2n) is 5.34. The highest BCUT2D eigenvalue weighted by Gasteiger charge is 2.20. The minimum atomic E-state index is -2.54. The Labute approximate surface area is 136 Å². The van der Waals surface area contributed by atoms with Gasteiger partial charge in [-0.15, -0.1) is 0 Å². The van der Waals surface area contributed by atoms with Crippen molar-refractivity contribution in [2.24, 2.45) is 18.6 Å². The van der Waals surface area contributed by atoms with Gasteiger partial charge in [-0.05, 0) is 25.0 Å². The zero-order valence-corrected chi connectivity index (χ0v) is 12.2. The van der Waals surface area contributed by atoms with Gasteiger partial charge in [0.15, 0.2) is 0 Å². The number of aryl methyl sites for hydroxylation is 1. The van der Waals surface area contributed by atoms with Crippen LogP contribution in [-0.4, -0.2) is 20.7 Å². The van der Waals surface area contributed by atoms with Crippen LogP contribution in [0.4, 0.5) is 5.69 Å². The third kappa shape index (κ3) is 2.74. The Morgan fingerprint density at radius 3 is 3.27 bits per heavy atom. The predicted molar refractivity (Wildman–Crippen MR) is 85.0 cm³/mol. The normalized spacial score (nSPS) is 32.8. The van der Waals surface area contributed by atoms with Crippen molar-refractivity contribution >= 4 is 11.6 Å². The first kappa shape index (κ1) is 9.74. The third-order valence-electron chi connectivity index (χ3n) is 3.69. The molecule has 3 heterocycles. The highest BCUT2D eigenvalue weighted by Crippen LogP contribution is 2.30. The van der Waals surface area contributed by atoms with Crippen molar-refractivity contribution in [3.63, 3.8) is 0 Å². The van der Waals surface area contributed by atoms with Gasteiger partial charge in [0, 0.05) is 37.5 Å². The van der Waals surface area contributed by atoms with Crippen LogP contribution in [0, 0.1) is 5.92 Å². The van der Waals surface area contributed by atoms with Crippen LogP contribution in [0.25, 0.3) is 11.3 Å². The molecule has 3 N–H and O–H groups in total. The molecular weight excluding hydrogens is 278 g/mol. The van der Waals surface area contributed by atoms with Crippen molar-refractivity contribution in [2.45, 2.75) is 32.2 Å². The smallest absolute Gasteiger partial charge is 0.227 e. The first-order chi connectivity index (χ1) is 12.6. The number of anilines is 1. The molecule has 2 unspecified atom stereocenters. The quantitative estimate of drug-likeness (QED) is 0.781. The fourth-order valence-corrected chi connectivity index (χ4v) is 2.40. The summed E-state index contributed by atoms with van der Waals surface area (Å²) in [5.41, 5.74) is 7.60. The summed E-state index contributed by atoms with van der Waals surface area (Å²) in [6.45, 7) is -0.978. The molecule has 6 nitrogen and oxygen atoms in total. The van der Waals surface area contributed by atoms with Crippen LogP contribution in [0.3, 0.4) is 0 Å². The molecule has 0 saturated carbocycles. The molecule has 116 valence electrons. The molecule has 0 radical (unpaired) electrons. The van der Waals surface area contributed by atoms with E-state index in [1.165, 1.54) is 12.4 Å². The molecule has 4 atom stereocenters. The minimum absolute atomic E-state index is 0.160. The van der Waals surface area contributed by atoms with Gasteiger partial charge in [-0.25, -0.2) is 0 Å². The monoisotopic (exact) mass is 304 g/mol. The Balaban J connectivity index is 2.20. The number of fused-ring (bicyclic) bond motifs is 4. The maximum Gasteiger partial charge on any atom is 0.227 e. The topological polar surface area (TPSA) is 85.8 Å². The summed E-state index contributed by atoms with van der Waals surface area (Å²) in [6.07, 6.45) is 1.08. The number of carbonyl (C=O) groups is 1. The molecule has 1 aliphatic rings. The van der Waals surface area contributed by atoms with Crippen LogP contribution in [0.5, 0.6) is 0 Å². The Morgan fingerprint density at radius 1 is 1.59 bits per heavy atom. The fraction of sp³-hybridized carbons (Fsp3) is 0.438. The number of aromatic nitrogens is 3.